The highest BCUT2D eigenvalue weighted by Crippen LogP contribution is 2.44. The van der Waals surface area contributed by atoms with E-state index >= 15 is 0 Å². The molecule has 2 aromatic heterocycles. The van der Waals surface area contributed by atoms with Crippen molar-refractivity contribution in [3.8, 4) is 11.6 Å². The molecule has 9 nitrogen and oxygen atoms in total. The van der Waals surface area contributed by atoms with Crippen LogP contribution in [0.3, 0.4) is 0 Å². The number of aromatic hydroxyl groups is 1. The molecule has 0 radical (unpaired) electrons. The molecule has 8 rings (SSSR count). The third-order valence-corrected chi connectivity index (χ3v) is 11.0. The number of aryl methyl sites for hydroxylation is 2. The first-order valence-electron chi connectivity index (χ1n) is 18.2. The van der Waals surface area contributed by atoms with Crippen molar-refractivity contribution in [3.63, 3.8) is 0 Å². The number of aliphatic imine (C=N–C) groups is 1. The third-order valence-electron chi connectivity index (χ3n) is 11.0. The van der Waals surface area contributed by atoms with Crippen LogP contribution in [-0.2, 0) is 20.5 Å². The minimum absolute atomic E-state index is 0.0432. The van der Waals surface area contributed by atoms with Gasteiger partial charge in [0.2, 0.25) is 5.88 Å². The van der Waals surface area contributed by atoms with E-state index in [-0.39, 0.29) is 23.9 Å². The highest BCUT2D eigenvalue weighted by molar-refractivity contribution is 6.08. The molecule has 0 unspecified atom stereocenters. The van der Waals surface area contributed by atoms with Gasteiger partial charge in [-0.25, -0.2) is 9.36 Å². The van der Waals surface area contributed by atoms with Crippen molar-refractivity contribution in [2.45, 2.75) is 32.2 Å². The smallest absolute Gasteiger partial charge is 0.338 e. The number of hydrogen-bond donors (Lipinski definition) is 1. The molecule has 0 spiro atoms. The molecule has 7 aromatic rings. The zero-order valence-electron chi connectivity index (χ0n) is 30.7. The summed E-state index contributed by atoms with van der Waals surface area (Å²) in [6, 6.07) is 39.4. The van der Waals surface area contributed by atoms with Gasteiger partial charge in [0.15, 0.2) is 0 Å². The van der Waals surface area contributed by atoms with Gasteiger partial charge in [-0.15, -0.1) is 0 Å². The summed E-state index contributed by atoms with van der Waals surface area (Å²) in [7, 11) is 3.51. The molecule has 1 amide bonds. The number of fused-ring (bicyclic) bond motifs is 4. The van der Waals surface area contributed by atoms with E-state index in [2.05, 4.69) is 54.1 Å². The third kappa shape index (κ3) is 5.73. The Bertz CT molecular complexity index is 2740. The lowest BCUT2D eigenvalue weighted by Crippen LogP contribution is -2.44. The van der Waals surface area contributed by atoms with Gasteiger partial charge in [0.05, 0.1) is 11.7 Å². The Hall–Kier alpha value is -6.48. The van der Waals surface area contributed by atoms with Crippen molar-refractivity contribution in [3.05, 3.63) is 176 Å². The molecule has 3 heterocycles. The van der Waals surface area contributed by atoms with E-state index in [0.29, 0.717) is 29.9 Å². The maximum absolute atomic E-state index is 14.5. The van der Waals surface area contributed by atoms with E-state index < -0.39 is 23.2 Å². The van der Waals surface area contributed by atoms with Crippen LogP contribution in [0.1, 0.15) is 57.1 Å². The Labute approximate surface area is 312 Å². The summed E-state index contributed by atoms with van der Waals surface area (Å²) in [6.45, 7) is 4.21. The van der Waals surface area contributed by atoms with Gasteiger partial charge in [-0.3, -0.25) is 19.1 Å². The molecule has 1 aliphatic rings. The number of benzene rings is 5. The van der Waals surface area contributed by atoms with E-state index in [1.807, 2.05) is 78.6 Å². The van der Waals surface area contributed by atoms with Crippen molar-refractivity contribution in [2.24, 2.45) is 19.1 Å². The highest BCUT2D eigenvalue weighted by atomic mass is 16.3. The van der Waals surface area contributed by atoms with Gasteiger partial charge in [0, 0.05) is 66.2 Å². The largest absolute Gasteiger partial charge is 0.494 e. The first kappa shape index (κ1) is 34.6. The Morgan fingerprint density at radius 2 is 1.44 bits per heavy atom. The van der Waals surface area contributed by atoms with Gasteiger partial charge < -0.3 is 14.6 Å². The van der Waals surface area contributed by atoms with Gasteiger partial charge >= 0.3 is 5.69 Å². The quantitative estimate of drug-likeness (QED) is 0.168. The van der Waals surface area contributed by atoms with Gasteiger partial charge in [-0.05, 0) is 72.9 Å². The van der Waals surface area contributed by atoms with E-state index in [1.54, 1.807) is 19.1 Å². The van der Waals surface area contributed by atoms with Gasteiger partial charge in [0.1, 0.15) is 5.56 Å². The number of aromatic nitrogens is 3. The molecule has 0 saturated carbocycles. The zero-order chi connectivity index (χ0) is 37.7. The van der Waals surface area contributed by atoms with E-state index in [9.17, 15) is 19.5 Å². The molecular formula is C45H41N5O4. The summed E-state index contributed by atoms with van der Waals surface area (Å²) in [5, 5.41) is 13.5. The molecule has 270 valence electrons. The van der Waals surface area contributed by atoms with Crippen LogP contribution in [0.4, 0.5) is 0 Å². The monoisotopic (exact) mass is 715 g/mol. The molecule has 54 heavy (non-hydrogen) atoms. The maximum atomic E-state index is 14.5. The fourth-order valence-electron chi connectivity index (χ4n) is 8.16. The summed E-state index contributed by atoms with van der Waals surface area (Å²) in [4.78, 5) is 49.0. The second-order valence-corrected chi connectivity index (χ2v) is 14.1. The molecule has 0 fully saturated rings. The van der Waals surface area contributed by atoms with E-state index in [0.717, 1.165) is 53.2 Å². The number of carbonyl (C=O) groups excluding carboxylic acids is 1. The number of para-hydroxylation sites is 2. The number of amides is 1. The minimum atomic E-state index is -0.652. The number of nitrogens with zero attached hydrogens (tertiary/aromatic N) is 5. The van der Waals surface area contributed by atoms with Crippen molar-refractivity contribution >= 4 is 33.4 Å². The van der Waals surface area contributed by atoms with Crippen LogP contribution >= 0.6 is 0 Å². The van der Waals surface area contributed by atoms with Crippen LogP contribution in [0.15, 0.2) is 136 Å². The summed E-state index contributed by atoms with van der Waals surface area (Å²) in [5.74, 6) is -0.790. The van der Waals surface area contributed by atoms with Gasteiger partial charge in [-0.1, -0.05) is 91.0 Å². The van der Waals surface area contributed by atoms with Gasteiger partial charge in [-0.2, -0.15) is 0 Å². The average Bonchev–Trinajstić information content (AvgIpc) is 3.48. The summed E-state index contributed by atoms with van der Waals surface area (Å²) in [6.07, 6.45) is 0.668. The summed E-state index contributed by atoms with van der Waals surface area (Å²) < 4.78 is 4.35. The Kier molecular flexibility index (Phi) is 8.85. The molecular weight excluding hydrogens is 675 g/mol. The van der Waals surface area contributed by atoms with Crippen LogP contribution in [0.5, 0.6) is 5.88 Å². The summed E-state index contributed by atoms with van der Waals surface area (Å²) >= 11 is 0. The molecule has 5 aromatic carbocycles. The summed E-state index contributed by atoms with van der Waals surface area (Å²) in [5.41, 5.74) is 5.97. The number of hydrogen-bond acceptors (Lipinski definition) is 5. The normalized spacial score (nSPS) is 16.0. The minimum Gasteiger partial charge on any atom is -0.494 e. The van der Waals surface area contributed by atoms with E-state index in [4.69, 9.17) is 4.99 Å². The van der Waals surface area contributed by atoms with Crippen molar-refractivity contribution in [2.75, 3.05) is 13.1 Å². The lowest BCUT2D eigenvalue weighted by molar-refractivity contribution is 0.0614. The van der Waals surface area contributed by atoms with Crippen LogP contribution < -0.4 is 11.2 Å². The molecule has 1 aliphatic heterocycles. The molecule has 0 aliphatic carbocycles. The second kappa shape index (κ2) is 13.8. The second-order valence-electron chi connectivity index (χ2n) is 14.1. The predicted octanol–water partition coefficient (Wildman–Crippen LogP) is 7.23. The fraction of sp³-hybridized carbons (Fsp3) is 0.200. The van der Waals surface area contributed by atoms with Crippen LogP contribution in [0.25, 0.3) is 27.5 Å². The molecule has 0 saturated heterocycles. The van der Waals surface area contributed by atoms with E-state index in [1.165, 1.54) is 7.05 Å². The molecule has 1 N–H and O–H groups in total. The maximum Gasteiger partial charge on any atom is 0.338 e. The number of rotatable bonds is 8. The van der Waals surface area contributed by atoms with Gasteiger partial charge in [0.25, 0.3) is 11.5 Å². The van der Waals surface area contributed by atoms with Crippen LogP contribution in [0, 0.1) is 6.92 Å². The Morgan fingerprint density at radius 3 is 2.24 bits per heavy atom. The standard InChI is InChI=1S/C45H41N5O4/c1-28-14-8-12-20-37(28)50-44(53)40(43(52)48(4)45(50)54)29(2)46-27-36-32-17-9-10-19-34(32)42(51)49(25-24-30-15-6-5-7-16-30)41(36)31-22-23-39-35(26-31)33-18-11-13-21-38(33)47(39)3/h5-23,26,36,41,52H,24-25,27H2,1-4H3/t36-,41+/m1/s1. The van der Waals surface area contributed by atoms with Crippen LogP contribution in [-0.4, -0.2) is 48.4 Å². The lowest BCUT2D eigenvalue weighted by Gasteiger charge is -2.42. The van der Waals surface area contributed by atoms with Crippen molar-refractivity contribution in [1.82, 2.24) is 18.6 Å². The van der Waals surface area contributed by atoms with Crippen molar-refractivity contribution in [1.29, 1.82) is 0 Å². The number of carbonyl (C=O) groups is 1. The average molecular weight is 716 g/mol. The predicted molar refractivity (Wildman–Crippen MR) is 214 cm³/mol. The van der Waals surface area contributed by atoms with Crippen molar-refractivity contribution < 1.29 is 9.90 Å². The molecule has 0 bridgehead atoms. The molecule has 9 heteroatoms. The SMILES string of the molecule is CC(=NC[C@@H]1c2ccccc2C(=O)N(CCc2ccccc2)[C@H]1c1ccc2c(c1)c1ccccc1n2C)c1c(O)n(C)c(=O)n(-c2ccccc2C)c1=O. The first-order valence-corrected chi connectivity index (χ1v) is 18.2. The highest BCUT2D eigenvalue weighted by Gasteiger charge is 2.40. The Balaban J connectivity index is 1.28. The lowest BCUT2D eigenvalue weighted by atomic mass is 9.79. The topological polar surface area (TPSA) is 102 Å². The fourth-order valence-corrected chi connectivity index (χ4v) is 8.16. The Morgan fingerprint density at radius 1 is 0.759 bits per heavy atom. The first-order chi connectivity index (χ1) is 26.2. The zero-order valence-corrected chi connectivity index (χ0v) is 30.7. The van der Waals surface area contributed by atoms with Crippen LogP contribution in [0.2, 0.25) is 0 Å². The molecule has 2 atom stereocenters.